The lowest BCUT2D eigenvalue weighted by atomic mass is 9.92. The summed E-state index contributed by atoms with van der Waals surface area (Å²) in [7, 11) is 0. The van der Waals surface area contributed by atoms with Gasteiger partial charge in [-0.3, -0.25) is 0 Å². The minimum Gasteiger partial charge on any atom is -0.487 e. The number of fused-ring (bicyclic) bond motifs is 3. The minimum absolute atomic E-state index is 0.0466. The Morgan fingerprint density at radius 1 is 1.16 bits per heavy atom. The van der Waals surface area contributed by atoms with Gasteiger partial charge in [-0.05, 0) is 65.0 Å². The summed E-state index contributed by atoms with van der Waals surface area (Å²) in [5, 5.41) is 2.51. The molecule has 1 aliphatic heterocycles. The summed E-state index contributed by atoms with van der Waals surface area (Å²) in [4.78, 5) is 2.48. The molecule has 2 aromatic carbocycles. The highest BCUT2D eigenvalue weighted by molar-refractivity contribution is 6.19. The second-order valence-corrected chi connectivity index (χ2v) is 9.46. The molecule has 25 heavy (non-hydrogen) atoms. The van der Waals surface area contributed by atoms with Crippen LogP contribution in [-0.2, 0) is 0 Å². The van der Waals surface area contributed by atoms with Crippen LogP contribution in [0, 0.1) is 6.92 Å². The Morgan fingerprint density at radius 3 is 2.40 bits per heavy atom. The number of aryl methyl sites for hydroxylation is 1. The Balaban J connectivity index is 2.35. The molecule has 3 rings (SSSR count). The van der Waals surface area contributed by atoms with Crippen molar-refractivity contribution in [2.75, 3.05) is 17.3 Å². The maximum absolute atomic E-state index is 6.39. The van der Waals surface area contributed by atoms with E-state index in [9.17, 15) is 0 Å². The van der Waals surface area contributed by atoms with Gasteiger partial charge < -0.3 is 9.64 Å². The molecular weight excluding hydrogens is 330 g/mol. The zero-order valence-electron chi connectivity index (χ0n) is 16.5. The number of hydrogen-bond acceptors (Lipinski definition) is 2. The van der Waals surface area contributed by atoms with Crippen LogP contribution >= 0.6 is 11.6 Å². The third-order valence-corrected chi connectivity index (χ3v) is 5.24. The van der Waals surface area contributed by atoms with Crippen molar-refractivity contribution >= 4 is 28.1 Å². The lowest BCUT2D eigenvalue weighted by Crippen LogP contribution is -2.40. The maximum Gasteiger partial charge on any atom is 0.130 e. The van der Waals surface area contributed by atoms with Crippen LogP contribution in [0.2, 0.25) is 0 Å². The highest BCUT2D eigenvalue weighted by atomic mass is 35.5. The molecular formula is C22H30ClNO. The number of rotatable bonds is 2. The molecule has 1 aliphatic rings. The number of halogens is 1. The van der Waals surface area contributed by atoms with Crippen molar-refractivity contribution in [3.05, 3.63) is 35.4 Å². The first-order chi connectivity index (χ1) is 11.5. The Hall–Kier alpha value is -1.41. The Morgan fingerprint density at radius 2 is 1.84 bits per heavy atom. The summed E-state index contributed by atoms with van der Waals surface area (Å²) in [6.07, 6.45) is 0. The molecule has 3 heteroatoms. The summed E-state index contributed by atoms with van der Waals surface area (Å²) in [5.41, 5.74) is 3.77. The molecule has 0 bridgehead atoms. The van der Waals surface area contributed by atoms with Crippen LogP contribution in [0.5, 0.6) is 5.75 Å². The van der Waals surface area contributed by atoms with Crippen molar-refractivity contribution in [3.8, 4) is 5.75 Å². The van der Waals surface area contributed by atoms with E-state index in [4.69, 9.17) is 16.3 Å². The van der Waals surface area contributed by atoms with Gasteiger partial charge in [-0.25, -0.2) is 0 Å². The van der Waals surface area contributed by atoms with Gasteiger partial charge in [0.15, 0.2) is 0 Å². The van der Waals surface area contributed by atoms with Crippen molar-refractivity contribution in [3.63, 3.8) is 0 Å². The van der Waals surface area contributed by atoms with E-state index in [-0.39, 0.29) is 11.1 Å². The van der Waals surface area contributed by atoms with Gasteiger partial charge in [-0.15, -0.1) is 11.6 Å². The smallest absolute Gasteiger partial charge is 0.130 e. The number of benzene rings is 2. The largest absolute Gasteiger partial charge is 0.487 e. The Bertz CT molecular complexity index is 798. The molecule has 0 N–H and O–H groups in total. The molecule has 0 spiro atoms. The average Bonchev–Trinajstić information content (AvgIpc) is 2.84. The van der Waals surface area contributed by atoms with Gasteiger partial charge in [0, 0.05) is 41.0 Å². The van der Waals surface area contributed by atoms with E-state index in [0.29, 0.717) is 11.8 Å². The standard InChI is InChI=1S/C22H30ClNO/c1-14-9-8-10-16-18(25-22(5,6)7)11-17-20(19(14)16)15(12-23)13-24(17)21(2,3)4/h8-11,15H,12-13H2,1-7H3/t15-/m1/s1. The summed E-state index contributed by atoms with van der Waals surface area (Å²) >= 11 is 6.39. The predicted molar refractivity (Wildman–Crippen MR) is 110 cm³/mol. The number of anilines is 1. The molecule has 0 saturated heterocycles. The molecule has 0 amide bonds. The van der Waals surface area contributed by atoms with Crippen molar-refractivity contribution in [2.24, 2.45) is 0 Å². The topological polar surface area (TPSA) is 12.5 Å². The van der Waals surface area contributed by atoms with Crippen LogP contribution in [0.4, 0.5) is 5.69 Å². The Labute approximate surface area is 157 Å². The second-order valence-electron chi connectivity index (χ2n) is 9.15. The van der Waals surface area contributed by atoms with Crippen LogP contribution in [0.15, 0.2) is 24.3 Å². The fourth-order valence-corrected chi connectivity index (χ4v) is 4.11. The lowest BCUT2D eigenvalue weighted by molar-refractivity contribution is 0.133. The molecule has 0 fully saturated rings. The highest BCUT2D eigenvalue weighted by Gasteiger charge is 2.37. The first kappa shape index (κ1) is 18.4. The number of ether oxygens (including phenoxy) is 1. The Kier molecular flexibility index (Phi) is 4.48. The molecule has 0 saturated carbocycles. The summed E-state index contributed by atoms with van der Waals surface area (Å²) in [6.45, 7) is 16.2. The molecule has 0 radical (unpaired) electrons. The van der Waals surface area contributed by atoms with Crippen LogP contribution in [0.1, 0.15) is 58.6 Å². The summed E-state index contributed by atoms with van der Waals surface area (Å²) in [5.74, 6) is 1.96. The fourth-order valence-electron chi connectivity index (χ4n) is 3.86. The van der Waals surface area contributed by atoms with Gasteiger partial charge in [0.1, 0.15) is 11.4 Å². The molecule has 0 aliphatic carbocycles. The molecule has 2 aromatic rings. The maximum atomic E-state index is 6.39. The monoisotopic (exact) mass is 359 g/mol. The fraction of sp³-hybridized carbons (Fsp3) is 0.545. The van der Waals surface area contributed by atoms with E-state index in [1.165, 1.54) is 27.6 Å². The minimum atomic E-state index is -0.234. The zero-order chi connectivity index (χ0) is 18.6. The molecule has 1 atom stereocenters. The van der Waals surface area contributed by atoms with E-state index in [1.54, 1.807) is 0 Å². The number of alkyl halides is 1. The lowest BCUT2D eigenvalue weighted by Gasteiger charge is -2.35. The van der Waals surface area contributed by atoms with E-state index >= 15 is 0 Å². The highest BCUT2D eigenvalue weighted by Crippen LogP contribution is 2.48. The predicted octanol–water partition coefficient (Wildman–Crippen LogP) is 6.27. The van der Waals surface area contributed by atoms with E-state index < -0.39 is 0 Å². The van der Waals surface area contributed by atoms with Crippen LogP contribution in [0.3, 0.4) is 0 Å². The van der Waals surface area contributed by atoms with Crippen molar-refractivity contribution in [1.82, 2.24) is 0 Å². The van der Waals surface area contributed by atoms with E-state index in [0.717, 1.165) is 12.3 Å². The normalized spacial score (nSPS) is 17.9. The van der Waals surface area contributed by atoms with Crippen molar-refractivity contribution < 1.29 is 4.74 Å². The van der Waals surface area contributed by atoms with Gasteiger partial charge >= 0.3 is 0 Å². The number of hydrogen-bond donors (Lipinski definition) is 0. The molecule has 1 heterocycles. The average molecular weight is 360 g/mol. The molecule has 136 valence electrons. The third kappa shape index (κ3) is 3.33. The first-order valence-corrected chi connectivity index (χ1v) is 9.65. The molecule has 2 nitrogen and oxygen atoms in total. The third-order valence-electron chi connectivity index (χ3n) is 4.87. The van der Waals surface area contributed by atoms with Gasteiger partial charge in [0.05, 0.1) is 0 Å². The van der Waals surface area contributed by atoms with Crippen LogP contribution < -0.4 is 9.64 Å². The van der Waals surface area contributed by atoms with Crippen LogP contribution in [-0.4, -0.2) is 23.6 Å². The molecule has 0 aromatic heterocycles. The molecule has 0 unspecified atom stereocenters. The van der Waals surface area contributed by atoms with E-state index in [1.807, 2.05) is 0 Å². The SMILES string of the molecule is Cc1cccc2c(OC(C)(C)C)cc3c(c12)[C@H](CCl)CN3C(C)(C)C. The van der Waals surface area contributed by atoms with Crippen LogP contribution in [0.25, 0.3) is 10.8 Å². The first-order valence-electron chi connectivity index (χ1n) is 9.12. The summed E-state index contributed by atoms with van der Waals surface area (Å²) in [6, 6.07) is 8.72. The van der Waals surface area contributed by atoms with Gasteiger partial charge in [0.2, 0.25) is 0 Å². The summed E-state index contributed by atoms with van der Waals surface area (Å²) < 4.78 is 6.37. The quantitative estimate of drug-likeness (QED) is 0.586. The van der Waals surface area contributed by atoms with Gasteiger partial charge in [0.25, 0.3) is 0 Å². The number of nitrogens with zero attached hydrogens (tertiary/aromatic N) is 1. The zero-order valence-corrected chi connectivity index (χ0v) is 17.3. The van der Waals surface area contributed by atoms with Gasteiger partial charge in [-0.1, -0.05) is 18.2 Å². The van der Waals surface area contributed by atoms with Crippen molar-refractivity contribution in [2.45, 2.75) is 65.5 Å². The second kappa shape index (κ2) is 6.09. The van der Waals surface area contributed by atoms with Crippen molar-refractivity contribution in [1.29, 1.82) is 0 Å². The van der Waals surface area contributed by atoms with Gasteiger partial charge in [-0.2, -0.15) is 0 Å². The van der Waals surface area contributed by atoms with E-state index in [2.05, 4.69) is 77.6 Å².